The Kier molecular flexibility index (Phi) is 4.93. The van der Waals surface area contributed by atoms with Crippen LogP contribution in [0.1, 0.15) is 26.4 Å². The summed E-state index contributed by atoms with van der Waals surface area (Å²) in [5, 5.41) is 9.34. The molecule has 0 bridgehead atoms. The van der Waals surface area contributed by atoms with Crippen LogP contribution >= 0.6 is 22.9 Å². The van der Waals surface area contributed by atoms with E-state index in [0.717, 1.165) is 5.56 Å². The van der Waals surface area contributed by atoms with Gasteiger partial charge >= 0.3 is 6.01 Å². The smallest absolute Gasteiger partial charge is 0.302 e. The van der Waals surface area contributed by atoms with E-state index in [-0.39, 0.29) is 17.6 Å². The van der Waals surface area contributed by atoms with Crippen LogP contribution < -0.4 is 10.6 Å². The van der Waals surface area contributed by atoms with Gasteiger partial charge in [0.05, 0.1) is 5.56 Å². The Morgan fingerprint density at radius 2 is 1.96 bits per heavy atom. The van der Waals surface area contributed by atoms with Gasteiger partial charge in [-0.25, -0.2) is 0 Å². The number of halogens is 1. The van der Waals surface area contributed by atoms with Gasteiger partial charge in [0.25, 0.3) is 11.8 Å². The number of anilines is 1. The van der Waals surface area contributed by atoms with Crippen LogP contribution in [0.15, 0.2) is 51.8 Å². The largest absolute Gasteiger partial charge is 0.431 e. The lowest BCUT2D eigenvalue weighted by atomic mass is 10.2. The number of rotatable bonds is 5. The fourth-order valence-corrected chi connectivity index (χ4v) is 2.64. The van der Waals surface area contributed by atoms with Gasteiger partial charge in [-0.15, -0.1) is 0 Å². The first-order valence-electron chi connectivity index (χ1n) is 6.93. The summed E-state index contributed by atoms with van der Waals surface area (Å²) in [6.07, 6.45) is 1.19. The van der Waals surface area contributed by atoms with Crippen molar-refractivity contribution < 1.29 is 14.0 Å². The van der Waals surface area contributed by atoms with E-state index in [1.54, 1.807) is 29.0 Å². The molecule has 2 heterocycles. The number of oxazole rings is 1. The van der Waals surface area contributed by atoms with Crippen molar-refractivity contribution in [3.8, 4) is 0 Å². The molecule has 0 aliphatic heterocycles. The molecule has 0 radical (unpaired) electrons. The summed E-state index contributed by atoms with van der Waals surface area (Å²) < 4.78 is 5.10. The molecule has 24 heavy (non-hydrogen) atoms. The average molecular weight is 362 g/mol. The summed E-state index contributed by atoms with van der Waals surface area (Å²) in [5.41, 5.74) is 1.50. The first-order chi connectivity index (χ1) is 11.6. The van der Waals surface area contributed by atoms with Crippen LogP contribution in [0.4, 0.5) is 6.01 Å². The summed E-state index contributed by atoms with van der Waals surface area (Å²) >= 11 is 7.22. The van der Waals surface area contributed by atoms with Crippen LogP contribution in [-0.4, -0.2) is 16.8 Å². The molecule has 0 atom stereocenters. The van der Waals surface area contributed by atoms with Crippen molar-refractivity contribution in [1.29, 1.82) is 0 Å². The molecule has 2 N–H and O–H groups in total. The molecule has 3 aromatic rings. The molecule has 0 aliphatic rings. The van der Waals surface area contributed by atoms with E-state index >= 15 is 0 Å². The second-order valence-electron chi connectivity index (χ2n) is 4.81. The Hall–Kier alpha value is -2.64. The third-order valence-corrected chi connectivity index (χ3v) is 4.04. The molecule has 8 heteroatoms. The van der Waals surface area contributed by atoms with Crippen molar-refractivity contribution in [2.45, 2.75) is 6.54 Å². The molecule has 3 rings (SSSR count). The third-order valence-electron chi connectivity index (χ3n) is 3.11. The van der Waals surface area contributed by atoms with Gasteiger partial charge in [0.15, 0.2) is 5.69 Å². The number of aromatic nitrogens is 1. The molecule has 1 aromatic carbocycles. The molecule has 0 saturated carbocycles. The molecular weight excluding hydrogens is 350 g/mol. The highest BCUT2D eigenvalue weighted by atomic mass is 35.5. The lowest BCUT2D eigenvalue weighted by Gasteiger charge is -2.03. The standard InChI is InChI=1S/C16H12ClN3O3S/c17-12-3-1-10(2-4-12)7-18-15(22)13-8-23-16(19-13)20-14(21)11-5-6-24-9-11/h1-6,8-9H,7H2,(H,18,22)(H,19,20,21). The zero-order chi connectivity index (χ0) is 16.9. The molecule has 6 nitrogen and oxygen atoms in total. The van der Waals surface area contributed by atoms with Crippen molar-refractivity contribution in [1.82, 2.24) is 10.3 Å². The molecule has 0 aliphatic carbocycles. The van der Waals surface area contributed by atoms with Crippen molar-refractivity contribution in [3.05, 3.63) is 69.2 Å². The number of hydrogen-bond acceptors (Lipinski definition) is 5. The molecule has 0 fully saturated rings. The fraction of sp³-hybridized carbons (Fsp3) is 0.0625. The van der Waals surface area contributed by atoms with E-state index in [4.69, 9.17) is 16.0 Å². The van der Waals surface area contributed by atoms with Gasteiger partial charge in [-0.05, 0) is 29.1 Å². The highest BCUT2D eigenvalue weighted by Crippen LogP contribution is 2.12. The monoisotopic (exact) mass is 361 g/mol. The molecule has 0 unspecified atom stereocenters. The van der Waals surface area contributed by atoms with E-state index in [9.17, 15) is 9.59 Å². The zero-order valence-electron chi connectivity index (χ0n) is 12.3. The SMILES string of the molecule is O=C(Nc1nc(C(=O)NCc2ccc(Cl)cc2)co1)c1ccsc1. The number of amides is 2. The van der Waals surface area contributed by atoms with Gasteiger partial charge in [-0.2, -0.15) is 16.3 Å². The number of thiophene rings is 1. The second kappa shape index (κ2) is 7.29. The first-order valence-corrected chi connectivity index (χ1v) is 8.25. The summed E-state index contributed by atoms with van der Waals surface area (Å²) in [7, 11) is 0. The van der Waals surface area contributed by atoms with Gasteiger partial charge in [0.1, 0.15) is 6.26 Å². The Morgan fingerprint density at radius 3 is 2.67 bits per heavy atom. The summed E-state index contributed by atoms with van der Waals surface area (Å²) in [5.74, 6) is -0.740. The summed E-state index contributed by atoms with van der Waals surface area (Å²) in [6, 6.07) is 8.79. The Labute approximate surface area is 146 Å². The first kappa shape index (κ1) is 16.2. The number of nitrogens with one attached hydrogen (secondary N) is 2. The maximum Gasteiger partial charge on any atom is 0.302 e. The van der Waals surface area contributed by atoms with Crippen molar-refractivity contribution in [3.63, 3.8) is 0 Å². The highest BCUT2D eigenvalue weighted by Gasteiger charge is 2.14. The fourth-order valence-electron chi connectivity index (χ4n) is 1.87. The quantitative estimate of drug-likeness (QED) is 0.727. The summed E-state index contributed by atoms with van der Waals surface area (Å²) in [6.45, 7) is 0.333. The number of hydrogen-bond donors (Lipinski definition) is 2. The maximum atomic E-state index is 12.0. The minimum atomic E-state index is -0.398. The van der Waals surface area contributed by atoms with E-state index in [1.165, 1.54) is 17.6 Å². The normalized spacial score (nSPS) is 10.4. The van der Waals surface area contributed by atoms with Gasteiger partial charge in [-0.1, -0.05) is 23.7 Å². The molecule has 122 valence electrons. The summed E-state index contributed by atoms with van der Waals surface area (Å²) in [4.78, 5) is 27.9. The van der Waals surface area contributed by atoms with Gasteiger partial charge in [0.2, 0.25) is 0 Å². The number of carbonyl (C=O) groups is 2. The van der Waals surface area contributed by atoms with Gasteiger partial charge in [-0.3, -0.25) is 14.9 Å². The van der Waals surface area contributed by atoms with E-state index < -0.39 is 5.91 Å². The van der Waals surface area contributed by atoms with E-state index in [0.29, 0.717) is 17.1 Å². The third kappa shape index (κ3) is 4.01. The highest BCUT2D eigenvalue weighted by molar-refractivity contribution is 7.08. The second-order valence-corrected chi connectivity index (χ2v) is 6.03. The Balaban J connectivity index is 1.57. The molecule has 0 spiro atoms. The van der Waals surface area contributed by atoms with Crippen molar-refractivity contribution in [2.75, 3.05) is 5.32 Å². The van der Waals surface area contributed by atoms with E-state index in [1.807, 2.05) is 12.1 Å². The Morgan fingerprint density at radius 1 is 1.17 bits per heavy atom. The lowest BCUT2D eigenvalue weighted by Crippen LogP contribution is -2.23. The predicted octanol–water partition coefficient (Wildman–Crippen LogP) is 3.57. The number of benzene rings is 1. The van der Waals surface area contributed by atoms with Crippen LogP contribution in [0.2, 0.25) is 5.02 Å². The molecule has 2 amide bonds. The topological polar surface area (TPSA) is 84.2 Å². The van der Waals surface area contributed by atoms with Crippen LogP contribution in [0.25, 0.3) is 0 Å². The van der Waals surface area contributed by atoms with E-state index in [2.05, 4.69) is 15.6 Å². The average Bonchev–Trinajstić information content (AvgIpc) is 3.26. The molecule has 2 aromatic heterocycles. The Bertz CT molecular complexity index is 844. The number of nitrogens with zero attached hydrogens (tertiary/aromatic N) is 1. The van der Waals surface area contributed by atoms with Crippen LogP contribution in [0.5, 0.6) is 0 Å². The number of carbonyl (C=O) groups excluding carboxylic acids is 2. The minimum absolute atomic E-state index is 0.0251. The van der Waals surface area contributed by atoms with Gasteiger partial charge in [0, 0.05) is 16.9 Å². The predicted molar refractivity (Wildman–Crippen MR) is 91.4 cm³/mol. The maximum absolute atomic E-state index is 12.0. The molecular formula is C16H12ClN3O3S. The zero-order valence-corrected chi connectivity index (χ0v) is 13.9. The van der Waals surface area contributed by atoms with Crippen molar-refractivity contribution in [2.24, 2.45) is 0 Å². The lowest BCUT2D eigenvalue weighted by molar-refractivity contribution is 0.0944. The van der Waals surface area contributed by atoms with Crippen LogP contribution in [0.3, 0.4) is 0 Å². The minimum Gasteiger partial charge on any atom is -0.431 e. The van der Waals surface area contributed by atoms with Gasteiger partial charge < -0.3 is 9.73 Å². The van der Waals surface area contributed by atoms with Crippen LogP contribution in [-0.2, 0) is 6.54 Å². The van der Waals surface area contributed by atoms with Crippen molar-refractivity contribution >= 4 is 40.8 Å². The molecule has 0 saturated heterocycles. The van der Waals surface area contributed by atoms with Crippen LogP contribution in [0, 0.1) is 0 Å².